The Bertz CT molecular complexity index is 688. The number of carbonyl (C=O) groups excluding carboxylic acids is 1. The molecule has 0 saturated carbocycles. The van der Waals surface area contributed by atoms with Crippen LogP contribution in [0.1, 0.15) is 70.8 Å². The van der Waals surface area contributed by atoms with Crippen LogP contribution in [0.15, 0.2) is 71.9 Å². The van der Waals surface area contributed by atoms with Crippen molar-refractivity contribution >= 4 is 11.9 Å². The number of hydrogen-bond donors (Lipinski definition) is 0. The van der Waals surface area contributed by atoms with Gasteiger partial charge in [0.1, 0.15) is 0 Å². The maximum Gasteiger partial charge on any atom is 0.155 e. The van der Waals surface area contributed by atoms with Gasteiger partial charge in [0.2, 0.25) is 0 Å². The van der Waals surface area contributed by atoms with E-state index in [2.05, 4.69) is 68.5 Å². The molecule has 1 unspecified atom stereocenters. The van der Waals surface area contributed by atoms with Gasteiger partial charge in [-0.1, -0.05) is 71.9 Å². The van der Waals surface area contributed by atoms with Crippen molar-refractivity contribution in [3.8, 4) is 0 Å². The van der Waals surface area contributed by atoms with E-state index in [1.807, 2.05) is 12.1 Å². The Hall–Kier alpha value is -2.15. The fourth-order valence-electron chi connectivity index (χ4n) is 3.52. The molecule has 1 aliphatic carbocycles. The van der Waals surface area contributed by atoms with Crippen LogP contribution in [0.25, 0.3) is 6.08 Å². The van der Waals surface area contributed by atoms with Crippen molar-refractivity contribution < 1.29 is 4.79 Å². The summed E-state index contributed by atoms with van der Waals surface area (Å²) in [5.41, 5.74) is 4.03. The maximum atomic E-state index is 11.4. The molecule has 1 atom stereocenters. The van der Waals surface area contributed by atoms with Gasteiger partial charge in [0.05, 0.1) is 0 Å². The molecule has 1 aromatic rings. The molecule has 0 saturated heterocycles. The van der Waals surface area contributed by atoms with Crippen molar-refractivity contribution in [3.63, 3.8) is 0 Å². The van der Waals surface area contributed by atoms with Crippen LogP contribution in [0.4, 0.5) is 0 Å². The van der Waals surface area contributed by atoms with Crippen LogP contribution in [0.2, 0.25) is 0 Å². The van der Waals surface area contributed by atoms with E-state index in [0.29, 0.717) is 11.7 Å². The van der Waals surface area contributed by atoms with Crippen LogP contribution in [-0.2, 0) is 4.79 Å². The molecule has 0 radical (unpaired) electrons. The third-order valence-corrected chi connectivity index (χ3v) is 5.26. The van der Waals surface area contributed by atoms with Crippen molar-refractivity contribution in [2.45, 2.75) is 65.2 Å². The first-order valence-electron chi connectivity index (χ1n) is 10.4. The lowest BCUT2D eigenvalue weighted by molar-refractivity contribution is -0.115. The van der Waals surface area contributed by atoms with Gasteiger partial charge in [-0.2, -0.15) is 0 Å². The molecule has 144 valence electrons. The summed E-state index contributed by atoms with van der Waals surface area (Å²) in [6, 6.07) is 10.5. The molecule has 1 aliphatic rings. The highest BCUT2D eigenvalue weighted by Crippen LogP contribution is 2.26. The Morgan fingerprint density at radius 1 is 1.04 bits per heavy atom. The van der Waals surface area contributed by atoms with Crippen molar-refractivity contribution in [1.82, 2.24) is 0 Å². The Balaban J connectivity index is 1.55. The molecule has 1 aromatic carbocycles. The maximum absolute atomic E-state index is 11.4. The van der Waals surface area contributed by atoms with E-state index < -0.39 is 0 Å². The fraction of sp³-hybridized carbons (Fsp3) is 0.423. The summed E-state index contributed by atoms with van der Waals surface area (Å²) in [5, 5.41) is 0. The molecule has 0 fully saturated rings. The topological polar surface area (TPSA) is 17.1 Å². The summed E-state index contributed by atoms with van der Waals surface area (Å²) >= 11 is 0. The third-order valence-electron chi connectivity index (χ3n) is 5.26. The smallest absolute Gasteiger partial charge is 0.155 e. The first-order valence-corrected chi connectivity index (χ1v) is 10.4. The highest BCUT2D eigenvalue weighted by Gasteiger charge is 2.17. The molecular weight excluding hydrogens is 328 g/mol. The zero-order valence-corrected chi connectivity index (χ0v) is 17.0. The fourth-order valence-corrected chi connectivity index (χ4v) is 3.52. The second kappa shape index (κ2) is 12.3. The van der Waals surface area contributed by atoms with E-state index in [9.17, 15) is 4.79 Å². The van der Waals surface area contributed by atoms with Crippen molar-refractivity contribution in [2.24, 2.45) is 5.92 Å². The van der Waals surface area contributed by atoms with Crippen LogP contribution in [0.3, 0.4) is 0 Å². The largest absolute Gasteiger partial charge is 0.295 e. The lowest BCUT2D eigenvalue weighted by atomic mass is 9.85. The second-order valence-corrected chi connectivity index (χ2v) is 7.62. The molecule has 0 amide bonds. The first kappa shape index (κ1) is 21.2. The number of rotatable bonds is 10. The van der Waals surface area contributed by atoms with Gasteiger partial charge in [0.15, 0.2) is 5.78 Å². The zero-order valence-electron chi connectivity index (χ0n) is 17.0. The summed E-state index contributed by atoms with van der Waals surface area (Å²) < 4.78 is 0. The van der Waals surface area contributed by atoms with E-state index >= 15 is 0 Å². The van der Waals surface area contributed by atoms with Gasteiger partial charge < -0.3 is 0 Å². The van der Waals surface area contributed by atoms with Gasteiger partial charge in [0.25, 0.3) is 0 Å². The van der Waals surface area contributed by atoms with Crippen LogP contribution < -0.4 is 0 Å². The van der Waals surface area contributed by atoms with Gasteiger partial charge in [-0.25, -0.2) is 0 Å². The van der Waals surface area contributed by atoms with Crippen LogP contribution in [0, 0.1) is 5.92 Å². The number of carbonyl (C=O) groups is 1. The van der Waals surface area contributed by atoms with Crippen molar-refractivity contribution in [2.75, 3.05) is 0 Å². The highest BCUT2D eigenvalue weighted by molar-refractivity contribution is 5.91. The zero-order chi connectivity index (χ0) is 19.3. The van der Waals surface area contributed by atoms with Gasteiger partial charge in [-0.3, -0.25) is 4.79 Å². The quantitative estimate of drug-likeness (QED) is 0.312. The van der Waals surface area contributed by atoms with Gasteiger partial charge in [-0.15, -0.1) is 0 Å². The molecule has 2 rings (SSSR count). The minimum Gasteiger partial charge on any atom is -0.295 e. The summed E-state index contributed by atoms with van der Waals surface area (Å²) in [5.74, 6) is 0.912. The molecule has 0 heterocycles. The van der Waals surface area contributed by atoms with Gasteiger partial charge in [0, 0.05) is 6.42 Å². The standard InChI is InChI=1S/C26H34O/c1-22(14-8-5-9-15-24-16-10-6-11-17-24)13-7-3-4-12-18-25-19-20-26(27)21-23(25)2/h3-4,6,9-11,14-17,21,25H,5,7-8,12-13,18-20H2,1-2H3. The van der Waals surface area contributed by atoms with Crippen LogP contribution >= 0.6 is 0 Å². The molecule has 0 aromatic heterocycles. The number of hydrogen-bond acceptors (Lipinski definition) is 1. The van der Waals surface area contributed by atoms with Crippen LogP contribution in [-0.4, -0.2) is 5.78 Å². The summed E-state index contributed by atoms with van der Waals surface area (Å²) in [4.78, 5) is 11.4. The monoisotopic (exact) mass is 362 g/mol. The molecule has 1 heteroatoms. The number of allylic oxidation sites excluding steroid dienone is 7. The van der Waals surface area contributed by atoms with E-state index in [1.54, 1.807) is 0 Å². The van der Waals surface area contributed by atoms with E-state index in [0.717, 1.165) is 44.9 Å². The second-order valence-electron chi connectivity index (χ2n) is 7.62. The number of ketones is 1. The number of benzene rings is 1. The van der Waals surface area contributed by atoms with Gasteiger partial charge >= 0.3 is 0 Å². The van der Waals surface area contributed by atoms with Crippen LogP contribution in [0.5, 0.6) is 0 Å². The van der Waals surface area contributed by atoms with Crippen molar-refractivity contribution in [1.29, 1.82) is 0 Å². The molecular formula is C26H34O. The Morgan fingerprint density at radius 2 is 1.81 bits per heavy atom. The van der Waals surface area contributed by atoms with Crippen molar-refractivity contribution in [3.05, 3.63) is 77.4 Å². The minimum atomic E-state index is 0.303. The summed E-state index contributed by atoms with van der Waals surface area (Å²) in [7, 11) is 0. The predicted octanol–water partition coefficient (Wildman–Crippen LogP) is 7.47. The average molecular weight is 363 g/mol. The lowest BCUT2D eigenvalue weighted by Gasteiger charge is -2.20. The number of unbranched alkanes of at least 4 members (excludes halogenated alkanes) is 1. The third kappa shape index (κ3) is 8.86. The normalized spacial score (nSPS) is 18.4. The first-order chi connectivity index (χ1) is 13.1. The van der Waals surface area contributed by atoms with E-state index in [1.165, 1.54) is 23.1 Å². The highest BCUT2D eigenvalue weighted by atomic mass is 16.1. The summed E-state index contributed by atoms with van der Waals surface area (Å²) in [6.07, 6.45) is 21.9. The Kier molecular flexibility index (Phi) is 9.62. The molecule has 0 spiro atoms. The molecule has 0 aliphatic heterocycles. The Labute approximate surface area is 165 Å². The minimum absolute atomic E-state index is 0.303. The molecule has 27 heavy (non-hydrogen) atoms. The predicted molar refractivity (Wildman–Crippen MR) is 118 cm³/mol. The van der Waals surface area contributed by atoms with E-state index in [4.69, 9.17) is 0 Å². The van der Waals surface area contributed by atoms with E-state index in [-0.39, 0.29) is 0 Å². The SMILES string of the molecule is CC(=CCCC=Cc1ccccc1)CCC=CCCC1CCC(=O)C=C1C. The van der Waals surface area contributed by atoms with Gasteiger partial charge in [-0.05, 0) is 76.4 Å². The molecule has 0 bridgehead atoms. The molecule has 0 N–H and O–H groups in total. The summed E-state index contributed by atoms with van der Waals surface area (Å²) in [6.45, 7) is 4.34. The molecule has 1 nitrogen and oxygen atoms in total. The lowest BCUT2D eigenvalue weighted by Crippen LogP contribution is -2.12. The average Bonchev–Trinajstić information content (AvgIpc) is 2.66. The Morgan fingerprint density at radius 3 is 2.59 bits per heavy atom.